The Morgan fingerprint density at radius 1 is 1.45 bits per heavy atom. The molecular formula is C15H22N6O. The zero-order valence-corrected chi connectivity index (χ0v) is 13.1. The van der Waals surface area contributed by atoms with Gasteiger partial charge in [0, 0.05) is 51.6 Å². The second-order valence-electron chi connectivity index (χ2n) is 5.68. The summed E-state index contributed by atoms with van der Waals surface area (Å²) in [5, 5.41) is 11.5. The van der Waals surface area contributed by atoms with Gasteiger partial charge < -0.3 is 5.32 Å². The molecule has 2 aromatic heterocycles. The van der Waals surface area contributed by atoms with Crippen LogP contribution in [0.5, 0.6) is 0 Å². The van der Waals surface area contributed by atoms with Gasteiger partial charge in [0.25, 0.3) is 0 Å². The highest BCUT2D eigenvalue weighted by molar-refractivity contribution is 5.87. The minimum Gasteiger partial charge on any atom is -0.309 e. The minimum atomic E-state index is -0.0915. The van der Waals surface area contributed by atoms with E-state index in [4.69, 9.17) is 0 Å². The van der Waals surface area contributed by atoms with E-state index < -0.39 is 0 Å². The number of likely N-dealkylation sites (tertiary alicyclic amines) is 1. The zero-order valence-electron chi connectivity index (χ0n) is 13.1. The number of aryl methyl sites for hydroxylation is 1. The van der Waals surface area contributed by atoms with Crippen LogP contribution in [0.1, 0.15) is 32.0 Å². The molecule has 1 fully saturated rings. The van der Waals surface area contributed by atoms with Crippen LogP contribution in [0.4, 0.5) is 5.82 Å². The topological polar surface area (TPSA) is 68.0 Å². The van der Waals surface area contributed by atoms with Crippen LogP contribution in [0.15, 0.2) is 24.5 Å². The van der Waals surface area contributed by atoms with Gasteiger partial charge in [-0.1, -0.05) is 0 Å². The van der Waals surface area contributed by atoms with E-state index >= 15 is 0 Å². The lowest BCUT2D eigenvalue weighted by molar-refractivity contribution is -0.114. The number of hydrogen-bond donors (Lipinski definition) is 1. The number of amides is 1. The fourth-order valence-electron chi connectivity index (χ4n) is 2.97. The Labute approximate surface area is 129 Å². The molecule has 3 rings (SSSR count). The first-order valence-electron chi connectivity index (χ1n) is 7.71. The minimum absolute atomic E-state index is 0.0915. The Kier molecular flexibility index (Phi) is 4.24. The van der Waals surface area contributed by atoms with Gasteiger partial charge in [-0.2, -0.15) is 10.2 Å². The number of nitrogens with zero attached hydrogens (tertiary/aromatic N) is 5. The van der Waals surface area contributed by atoms with Crippen molar-refractivity contribution in [2.24, 2.45) is 0 Å². The van der Waals surface area contributed by atoms with Gasteiger partial charge in [0.2, 0.25) is 5.91 Å². The Balaban J connectivity index is 1.60. The Morgan fingerprint density at radius 3 is 3.09 bits per heavy atom. The van der Waals surface area contributed by atoms with Crippen LogP contribution in [0.25, 0.3) is 0 Å². The van der Waals surface area contributed by atoms with Gasteiger partial charge >= 0.3 is 0 Å². The van der Waals surface area contributed by atoms with Crippen LogP contribution < -0.4 is 5.32 Å². The van der Waals surface area contributed by atoms with Gasteiger partial charge in [0.15, 0.2) is 5.82 Å². The van der Waals surface area contributed by atoms with E-state index in [1.54, 1.807) is 0 Å². The quantitative estimate of drug-likeness (QED) is 0.909. The molecule has 1 N–H and O–H groups in total. The highest BCUT2D eigenvalue weighted by atomic mass is 16.1. The largest absolute Gasteiger partial charge is 0.309 e. The molecule has 22 heavy (non-hydrogen) atoms. The van der Waals surface area contributed by atoms with Crippen molar-refractivity contribution in [1.82, 2.24) is 24.5 Å². The van der Waals surface area contributed by atoms with Crippen LogP contribution in [0.2, 0.25) is 0 Å². The predicted octanol–water partition coefficient (Wildman–Crippen LogP) is 1.50. The second-order valence-corrected chi connectivity index (χ2v) is 5.68. The van der Waals surface area contributed by atoms with Gasteiger partial charge in [-0.3, -0.25) is 19.1 Å². The molecule has 0 aliphatic carbocycles. The standard InChI is InChI=1S/C15H22N6O/c1-3-20-13(4-7-16-20)10-19-8-5-14(11-19)21-9-6-15(18-21)17-12(2)22/h4,6-7,9,14H,3,5,8,10-11H2,1-2H3,(H,17,18,22)/t14-/m1/s1. The van der Waals surface area contributed by atoms with Gasteiger partial charge in [-0.05, 0) is 19.4 Å². The number of carbonyl (C=O) groups is 1. The highest BCUT2D eigenvalue weighted by Crippen LogP contribution is 2.23. The third-order valence-electron chi connectivity index (χ3n) is 4.02. The molecular weight excluding hydrogens is 280 g/mol. The van der Waals surface area contributed by atoms with E-state index in [1.807, 2.05) is 27.8 Å². The van der Waals surface area contributed by atoms with Crippen molar-refractivity contribution in [2.45, 2.75) is 39.4 Å². The number of nitrogens with one attached hydrogen (secondary N) is 1. The normalized spacial score (nSPS) is 18.7. The fraction of sp³-hybridized carbons (Fsp3) is 0.533. The maximum atomic E-state index is 11.1. The maximum absolute atomic E-state index is 11.1. The molecule has 118 valence electrons. The lowest BCUT2D eigenvalue weighted by Crippen LogP contribution is -2.23. The molecule has 1 amide bonds. The molecule has 1 aliphatic rings. The summed E-state index contributed by atoms with van der Waals surface area (Å²) in [7, 11) is 0. The molecule has 0 spiro atoms. The third kappa shape index (κ3) is 3.19. The first-order valence-corrected chi connectivity index (χ1v) is 7.71. The average Bonchev–Trinajstić information content (AvgIpc) is 3.18. The molecule has 0 saturated carbocycles. The van der Waals surface area contributed by atoms with Crippen molar-refractivity contribution in [3.63, 3.8) is 0 Å². The number of rotatable bonds is 5. The Morgan fingerprint density at radius 2 is 2.32 bits per heavy atom. The molecule has 0 unspecified atom stereocenters. The summed E-state index contributed by atoms with van der Waals surface area (Å²) in [6.45, 7) is 7.44. The molecule has 0 radical (unpaired) electrons. The molecule has 1 aliphatic heterocycles. The summed E-state index contributed by atoms with van der Waals surface area (Å²) in [5.41, 5.74) is 1.25. The monoisotopic (exact) mass is 302 g/mol. The van der Waals surface area contributed by atoms with Crippen molar-refractivity contribution < 1.29 is 4.79 Å². The summed E-state index contributed by atoms with van der Waals surface area (Å²) in [6, 6.07) is 4.29. The summed E-state index contributed by atoms with van der Waals surface area (Å²) >= 11 is 0. The SMILES string of the molecule is CCn1nccc1CN1CC[C@@H](n2ccc(NC(C)=O)n2)C1. The third-order valence-corrected chi connectivity index (χ3v) is 4.02. The Hall–Kier alpha value is -2.15. The molecule has 7 nitrogen and oxygen atoms in total. The van der Waals surface area contributed by atoms with Crippen molar-refractivity contribution >= 4 is 11.7 Å². The molecule has 3 heterocycles. The zero-order chi connectivity index (χ0) is 15.5. The van der Waals surface area contributed by atoms with Crippen LogP contribution in [0, 0.1) is 0 Å². The number of hydrogen-bond acceptors (Lipinski definition) is 4. The second kappa shape index (κ2) is 6.31. The van der Waals surface area contributed by atoms with E-state index in [0.29, 0.717) is 11.9 Å². The van der Waals surface area contributed by atoms with Gasteiger partial charge in [0.1, 0.15) is 0 Å². The summed E-state index contributed by atoms with van der Waals surface area (Å²) in [4.78, 5) is 13.5. The summed E-state index contributed by atoms with van der Waals surface area (Å²) in [5.74, 6) is 0.529. The predicted molar refractivity (Wildman–Crippen MR) is 83.4 cm³/mol. The first kappa shape index (κ1) is 14.8. The van der Waals surface area contributed by atoms with Gasteiger partial charge in [0.05, 0.1) is 11.7 Å². The lowest BCUT2D eigenvalue weighted by atomic mass is 10.3. The molecule has 7 heteroatoms. The maximum Gasteiger partial charge on any atom is 0.222 e. The van der Waals surface area contributed by atoms with E-state index in [9.17, 15) is 4.79 Å². The number of aromatic nitrogens is 4. The molecule has 0 aromatic carbocycles. The number of carbonyl (C=O) groups excluding carboxylic acids is 1. The van der Waals surface area contributed by atoms with Crippen molar-refractivity contribution in [2.75, 3.05) is 18.4 Å². The van der Waals surface area contributed by atoms with E-state index in [1.165, 1.54) is 12.6 Å². The van der Waals surface area contributed by atoms with Crippen molar-refractivity contribution in [3.8, 4) is 0 Å². The van der Waals surface area contributed by atoms with Crippen molar-refractivity contribution in [1.29, 1.82) is 0 Å². The molecule has 1 saturated heterocycles. The van der Waals surface area contributed by atoms with Crippen LogP contribution in [0.3, 0.4) is 0 Å². The van der Waals surface area contributed by atoms with Crippen LogP contribution in [-0.4, -0.2) is 43.5 Å². The summed E-state index contributed by atoms with van der Waals surface area (Å²) < 4.78 is 4.00. The fourth-order valence-corrected chi connectivity index (χ4v) is 2.97. The average molecular weight is 302 g/mol. The summed E-state index contributed by atoms with van der Waals surface area (Å²) in [6.07, 6.45) is 4.87. The van der Waals surface area contributed by atoms with E-state index in [-0.39, 0.29) is 5.91 Å². The number of anilines is 1. The highest BCUT2D eigenvalue weighted by Gasteiger charge is 2.25. The Bertz CT molecular complexity index is 646. The smallest absolute Gasteiger partial charge is 0.222 e. The van der Waals surface area contributed by atoms with E-state index in [0.717, 1.165) is 32.6 Å². The van der Waals surface area contributed by atoms with Crippen molar-refractivity contribution in [3.05, 3.63) is 30.2 Å². The van der Waals surface area contributed by atoms with Gasteiger partial charge in [-0.25, -0.2) is 0 Å². The van der Waals surface area contributed by atoms with E-state index in [2.05, 4.69) is 33.4 Å². The molecule has 2 aromatic rings. The molecule has 1 atom stereocenters. The lowest BCUT2D eigenvalue weighted by Gasteiger charge is -2.16. The van der Waals surface area contributed by atoms with Crippen LogP contribution >= 0.6 is 0 Å². The first-order chi connectivity index (χ1) is 10.7. The van der Waals surface area contributed by atoms with Crippen LogP contribution in [-0.2, 0) is 17.9 Å². The molecule has 0 bridgehead atoms. The van der Waals surface area contributed by atoms with Gasteiger partial charge in [-0.15, -0.1) is 0 Å².